The fourth-order valence-corrected chi connectivity index (χ4v) is 2.69. The van der Waals surface area contributed by atoms with Gasteiger partial charge in [-0.3, -0.25) is 0 Å². The minimum absolute atomic E-state index is 0.649. The number of piperidine rings is 1. The fraction of sp³-hybridized carbons (Fsp3) is 0.571. The van der Waals surface area contributed by atoms with Crippen LogP contribution in [0.2, 0.25) is 5.02 Å². The van der Waals surface area contributed by atoms with E-state index in [2.05, 4.69) is 11.4 Å². The molecule has 0 bridgehead atoms. The number of rotatable bonds is 4. The minimum atomic E-state index is 0.649. The van der Waals surface area contributed by atoms with Crippen molar-refractivity contribution in [2.45, 2.75) is 25.9 Å². The van der Waals surface area contributed by atoms with Crippen molar-refractivity contribution in [2.24, 2.45) is 5.92 Å². The molecule has 2 rings (SSSR count). The van der Waals surface area contributed by atoms with Crippen LogP contribution in [0.5, 0.6) is 0 Å². The van der Waals surface area contributed by atoms with Gasteiger partial charge in [-0.15, -0.1) is 0 Å². The maximum atomic E-state index is 6.03. The summed E-state index contributed by atoms with van der Waals surface area (Å²) in [5.41, 5.74) is 2.61. The number of nitrogens with one attached hydrogen (secondary N) is 1. The molecule has 0 radical (unpaired) electrons. The van der Waals surface area contributed by atoms with Gasteiger partial charge in [-0.05, 0) is 61.5 Å². The summed E-state index contributed by atoms with van der Waals surface area (Å²) in [6.45, 7) is 2.95. The number of hydrogen-bond donors (Lipinski definition) is 1. The van der Waals surface area contributed by atoms with Gasteiger partial charge in [0.05, 0.1) is 6.61 Å². The average Bonchev–Trinajstić information content (AvgIpc) is 2.34. The minimum Gasteiger partial charge on any atom is -0.380 e. The molecule has 1 aliphatic heterocycles. The third kappa shape index (κ3) is 3.70. The number of ether oxygens (including phenoxy) is 1. The van der Waals surface area contributed by atoms with Crippen LogP contribution in [0.15, 0.2) is 18.2 Å². The van der Waals surface area contributed by atoms with Crippen LogP contribution in [-0.4, -0.2) is 20.2 Å². The van der Waals surface area contributed by atoms with Crippen molar-refractivity contribution in [1.82, 2.24) is 5.32 Å². The monoisotopic (exact) mass is 253 g/mol. The van der Waals surface area contributed by atoms with E-state index in [9.17, 15) is 0 Å². The molecule has 0 aromatic heterocycles. The summed E-state index contributed by atoms with van der Waals surface area (Å²) in [4.78, 5) is 0. The number of methoxy groups -OCH3 is 1. The fourth-order valence-electron chi connectivity index (χ4n) is 2.49. The molecular weight excluding hydrogens is 234 g/mol. The van der Waals surface area contributed by atoms with Gasteiger partial charge in [-0.2, -0.15) is 0 Å². The van der Waals surface area contributed by atoms with Crippen LogP contribution in [-0.2, 0) is 17.8 Å². The first kappa shape index (κ1) is 12.9. The van der Waals surface area contributed by atoms with Crippen LogP contribution < -0.4 is 5.32 Å². The maximum absolute atomic E-state index is 6.03. The van der Waals surface area contributed by atoms with Gasteiger partial charge in [-0.1, -0.05) is 17.7 Å². The van der Waals surface area contributed by atoms with Gasteiger partial charge in [0, 0.05) is 12.1 Å². The number of halogens is 1. The van der Waals surface area contributed by atoms with Crippen molar-refractivity contribution >= 4 is 11.6 Å². The van der Waals surface area contributed by atoms with Gasteiger partial charge >= 0.3 is 0 Å². The first-order valence-corrected chi connectivity index (χ1v) is 6.64. The van der Waals surface area contributed by atoms with Crippen molar-refractivity contribution in [3.8, 4) is 0 Å². The molecular formula is C14H20ClNO. The first-order chi connectivity index (χ1) is 8.29. The van der Waals surface area contributed by atoms with Crippen molar-refractivity contribution < 1.29 is 4.74 Å². The van der Waals surface area contributed by atoms with E-state index in [-0.39, 0.29) is 0 Å². The van der Waals surface area contributed by atoms with Crippen molar-refractivity contribution in [3.63, 3.8) is 0 Å². The first-order valence-electron chi connectivity index (χ1n) is 6.26. The van der Waals surface area contributed by atoms with E-state index in [4.69, 9.17) is 16.3 Å². The van der Waals surface area contributed by atoms with E-state index in [1.165, 1.54) is 30.5 Å². The van der Waals surface area contributed by atoms with E-state index in [1.807, 2.05) is 12.1 Å². The smallest absolute Gasteiger partial charge is 0.0716 e. The zero-order chi connectivity index (χ0) is 12.1. The molecule has 17 heavy (non-hydrogen) atoms. The lowest BCUT2D eigenvalue weighted by atomic mass is 9.90. The van der Waals surface area contributed by atoms with Crippen LogP contribution in [0.1, 0.15) is 24.0 Å². The second-order valence-corrected chi connectivity index (χ2v) is 5.20. The Hall–Kier alpha value is -0.570. The average molecular weight is 254 g/mol. The molecule has 1 aromatic rings. The molecule has 94 valence electrons. The van der Waals surface area contributed by atoms with Gasteiger partial charge < -0.3 is 10.1 Å². The maximum Gasteiger partial charge on any atom is 0.0716 e. The van der Waals surface area contributed by atoms with Gasteiger partial charge in [0.1, 0.15) is 0 Å². The zero-order valence-corrected chi connectivity index (χ0v) is 11.1. The normalized spacial score (nSPS) is 20.5. The Labute approximate surface area is 108 Å². The van der Waals surface area contributed by atoms with Crippen molar-refractivity contribution in [1.29, 1.82) is 0 Å². The van der Waals surface area contributed by atoms with Gasteiger partial charge in [-0.25, -0.2) is 0 Å². The Bertz CT molecular complexity index is 361. The lowest BCUT2D eigenvalue weighted by Crippen LogP contribution is -2.31. The summed E-state index contributed by atoms with van der Waals surface area (Å²) < 4.78 is 5.24. The topological polar surface area (TPSA) is 21.3 Å². The van der Waals surface area contributed by atoms with Gasteiger partial charge in [0.15, 0.2) is 0 Å². The van der Waals surface area contributed by atoms with Crippen LogP contribution in [0.25, 0.3) is 0 Å². The molecule has 0 aliphatic carbocycles. The molecule has 1 fully saturated rings. The van der Waals surface area contributed by atoms with Crippen LogP contribution >= 0.6 is 11.6 Å². The molecule has 0 amide bonds. The highest BCUT2D eigenvalue weighted by Gasteiger charge is 2.15. The Balaban J connectivity index is 2.07. The molecule has 1 aromatic carbocycles. The highest BCUT2D eigenvalue weighted by atomic mass is 35.5. The molecule has 3 heteroatoms. The Kier molecular flexibility index (Phi) is 4.84. The highest BCUT2D eigenvalue weighted by Crippen LogP contribution is 2.22. The second-order valence-electron chi connectivity index (χ2n) is 4.76. The van der Waals surface area contributed by atoms with Crippen LogP contribution in [0.3, 0.4) is 0 Å². The van der Waals surface area contributed by atoms with Gasteiger partial charge in [0.25, 0.3) is 0 Å². The van der Waals surface area contributed by atoms with E-state index >= 15 is 0 Å². The lowest BCUT2D eigenvalue weighted by molar-refractivity contribution is 0.183. The standard InChI is InChI=1S/C14H20ClNO/c1-17-10-13-8-14(15)5-4-12(13)7-11-3-2-6-16-9-11/h4-5,8,11,16H,2-3,6-7,9-10H2,1H3. The SMILES string of the molecule is COCc1cc(Cl)ccc1CC1CCCNC1. The summed E-state index contributed by atoms with van der Waals surface area (Å²) >= 11 is 6.03. The lowest BCUT2D eigenvalue weighted by Gasteiger charge is -2.23. The molecule has 1 aliphatic rings. The molecule has 1 heterocycles. The predicted octanol–water partition coefficient (Wildman–Crippen LogP) is 3.03. The van der Waals surface area contributed by atoms with E-state index in [0.29, 0.717) is 6.61 Å². The van der Waals surface area contributed by atoms with E-state index < -0.39 is 0 Å². The Morgan fingerprint density at radius 2 is 2.29 bits per heavy atom. The van der Waals surface area contributed by atoms with Crippen molar-refractivity contribution in [3.05, 3.63) is 34.3 Å². The van der Waals surface area contributed by atoms with Gasteiger partial charge in [0.2, 0.25) is 0 Å². The Morgan fingerprint density at radius 1 is 1.41 bits per heavy atom. The van der Waals surface area contributed by atoms with Crippen LogP contribution in [0.4, 0.5) is 0 Å². The summed E-state index contributed by atoms with van der Waals surface area (Å²) in [5, 5.41) is 4.25. The second kappa shape index (κ2) is 6.39. The predicted molar refractivity (Wildman–Crippen MR) is 71.5 cm³/mol. The molecule has 0 spiro atoms. The summed E-state index contributed by atoms with van der Waals surface area (Å²) in [6.07, 6.45) is 3.74. The molecule has 1 N–H and O–H groups in total. The van der Waals surface area contributed by atoms with E-state index in [0.717, 1.165) is 23.9 Å². The van der Waals surface area contributed by atoms with E-state index in [1.54, 1.807) is 7.11 Å². The quantitative estimate of drug-likeness (QED) is 0.891. The number of benzene rings is 1. The zero-order valence-electron chi connectivity index (χ0n) is 10.3. The molecule has 1 atom stereocenters. The summed E-state index contributed by atoms with van der Waals surface area (Å²) in [7, 11) is 1.73. The Morgan fingerprint density at radius 3 is 3.00 bits per heavy atom. The molecule has 1 unspecified atom stereocenters. The highest BCUT2D eigenvalue weighted by molar-refractivity contribution is 6.30. The molecule has 1 saturated heterocycles. The third-order valence-electron chi connectivity index (χ3n) is 3.38. The summed E-state index contributed by atoms with van der Waals surface area (Å²) in [6, 6.07) is 6.15. The third-order valence-corrected chi connectivity index (χ3v) is 3.61. The van der Waals surface area contributed by atoms with Crippen molar-refractivity contribution in [2.75, 3.05) is 20.2 Å². The summed E-state index contributed by atoms with van der Waals surface area (Å²) in [5.74, 6) is 0.750. The largest absolute Gasteiger partial charge is 0.380 e. The van der Waals surface area contributed by atoms with Crippen LogP contribution in [0, 0.1) is 5.92 Å². The molecule has 2 nitrogen and oxygen atoms in total. The molecule has 0 saturated carbocycles. The number of hydrogen-bond acceptors (Lipinski definition) is 2.